The molecule has 5 nitrogen and oxygen atoms in total. The molecule has 0 aliphatic carbocycles. The van der Waals surface area contributed by atoms with Crippen LogP contribution >= 0.6 is 0 Å². The van der Waals surface area contributed by atoms with Crippen molar-refractivity contribution in [2.75, 3.05) is 19.8 Å². The highest BCUT2D eigenvalue weighted by atomic mass is 16.6. The Labute approximate surface area is 140 Å². The SMILES string of the molecule is CCCC/C=C/CCCCCCO[C@H]1[C@H](O)[C@@H](O)CO[C@@H]1CO. The van der Waals surface area contributed by atoms with Crippen LogP contribution in [0.4, 0.5) is 0 Å². The van der Waals surface area contributed by atoms with Gasteiger partial charge in [-0.05, 0) is 25.7 Å². The van der Waals surface area contributed by atoms with E-state index in [1.165, 1.54) is 25.7 Å². The second-order valence-corrected chi connectivity index (χ2v) is 6.26. The van der Waals surface area contributed by atoms with E-state index in [0.717, 1.165) is 25.7 Å². The van der Waals surface area contributed by atoms with Crippen molar-refractivity contribution >= 4 is 0 Å². The fourth-order valence-corrected chi connectivity index (χ4v) is 2.71. The number of hydrogen-bond acceptors (Lipinski definition) is 5. The number of hydrogen-bond donors (Lipinski definition) is 3. The molecule has 1 heterocycles. The number of aliphatic hydroxyl groups excluding tert-OH is 3. The molecule has 0 unspecified atom stereocenters. The van der Waals surface area contributed by atoms with Crippen LogP contribution in [0.15, 0.2) is 12.2 Å². The molecular weight excluding hydrogens is 296 g/mol. The predicted molar refractivity (Wildman–Crippen MR) is 90.3 cm³/mol. The fraction of sp³-hybridized carbons (Fsp3) is 0.889. The number of aliphatic hydroxyl groups is 3. The third-order valence-corrected chi connectivity index (χ3v) is 4.22. The quantitative estimate of drug-likeness (QED) is 0.377. The molecule has 23 heavy (non-hydrogen) atoms. The molecule has 136 valence electrons. The molecule has 0 radical (unpaired) electrons. The van der Waals surface area contributed by atoms with Crippen molar-refractivity contribution in [2.45, 2.75) is 82.7 Å². The van der Waals surface area contributed by atoms with Gasteiger partial charge in [-0.1, -0.05) is 44.8 Å². The molecule has 1 saturated heterocycles. The van der Waals surface area contributed by atoms with Crippen LogP contribution in [0.1, 0.15) is 58.3 Å². The van der Waals surface area contributed by atoms with Gasteiger partial charge in [0.1, 0.15) is 24.4 Å². The van der Waals surface area contributed by atoms with Gasteiger partial charge in [-0.2, -0.15) is 0 Å². The largest absolute Gasteiger partial charge is 0.394 e. The Kier molecular flexibility index (Phi) is 11.5. The highest BCUT2D eigenvalue weighted by molar-refractivity contribution is 4.87. The summed E-state index contributed by atoms with van der Waals surface area (Å²) in [4.78, 5) is 0. The first-order valence-electron chi connectivity index (χ1n) is 9.05. The highest BCUT2D eigenvalue weighted by Crippen LogP contribution is 2.19. The monoisotopic (exact) mass is 330 g/mol. The normalized spacial score (nSPS) is 28.5. The summed E-state index contributed by atoms with van der Waals surface area (Å²) in [5.41, 5.74) is 0. The zero-order valence-corrected chi connectivity index (χ0v) is 14.4. The van der Waals surface area contributed by atoms with Gasteiger partial charge in [0.2, 0.25) is 0 Å². The molecule has 4 atom stereocenters. The third kappa shape index (κ3) is 8.27. The minimum Gasteiger partial charge on any atom is -0.394 e. The molecule has 1 aliphatic rings. The Morgan fingerprint density at radius 2 is 1.74 bits per heavy atom. The number of rotatable bonds is 12. The third-order valence-electron chi connectivity index (χ3n) is 4.22. The standard InChI is InChI=1S/C18H34O5/c1-2-3-4-5-6-7-8-9-10-11-12-22-18-16(13-19)23-14-15(20)17(18)21/h5-6,15-21H,2-4,7-14H2,1H3/b6-5+/t15-,16+,17+,18+/m0/s1. The smallest absolute Gasteiger partial charge is 0.114 e. The van der Waals surface area contributed by atoms with Crippen molar-refractivity contribution in [3.05, 3.63) is 12.2 Å². The first kappa shape index (κ1) is 20.6. The topological polar surface area (TPSA) is 79.2 Å². The van der Waals surface area contributed by atoms with Crippen molar-refractivity contribution in [3.8, 4) is 0 Å². The van der Waals surface area contributed by atoms with Gasteiger partial charge in [0.25, 0.3) is 0 Å². The highest BCUT2D eigenvalue weighted by Gasteiger charge is 2.39. The Morgan fingerprint density at radius 1 is 1.04 bits per heavy atom. The first-order chi connectivity index (χ1) is 11.2. The Hall–Kier alpha value is -0.460. The van der Waals surface area contributed by atoms with Crippen LogP contribution in [-0.4, -0.2) is 59.6 Å². The molecule has 0 aromatic rings. The van der Waals surface area contributed by atoms with Crippen molar-refractivity contribution in [3.63, 3.8) is 0 Å². The maximum absolute atomic E-state index is 9.93. The van der Waals surface area contributed by atoms with Crippen LogP contribution in [0.5, 0.6) is 0 Å². The summed E-state index contributed by atoms with van der Waals surface area (Å²) >= 11 is 0. The molecule has 0 spiro atoms. The zero-order chi connectivity index (χ0) is 16.9. The van der Waals surface area contributed by atoms with Crippen molar-refractivity contribution in [1.82, 2.24) is 0 Å². The molecule has 0 aromatic carbocycles. The van der Waals surface area contributed by atoms with Crippen LogP contribution in [0, 0.1) is 0 Å². The fourth-order valence-electron chi connectivity index (χ4n) is 2.71. The van der Waals surface area contributed by atoms with Crippen molar-refractivity contribution < 1.29 is 24.8 Å². The average Bonchev–Trinajstić information content (AvgIpc) is 2.56. The molecule has 5 heteroatoms. The van der Waals surface area contributed by atoms with Gasteiger partial charge in [-0.3, -0.25) is 0 Å². The molecule has 0 amide bonds. The van der Waals surface area contributed by atoms with Crippen molar-refractivity contribution in [2.24, 2.45) is 0 Å². The summed E-state index contributed by atoms with van der Waals surface area (Å²) in [6.45, 7) is 2.55. The van der Waals surface area contributed by atoms with E-state index < -0.39 is 24.4 Å². The molecule has 1 fully saturated rings. The zero-order valence-electron chi connectivity index (χ0n) is 14.4. The lowest BCUT2D eigenvalue weighted by atomic mass is 10.0. The summed E-state index contributed by atoms with van der Waals surface area (Å²) in [6, 6.07) is 0. The maximum Gasteiger partial charge on any atom is 0.114 e. The lowest BCUT2D eigenvalue weighted by molar-refractivity contribution is -0.211. The van der Waals surface area contributed by atoms with Crippen molar-refractivity contribution in [1.29, 1.82) is 0 Å². The lowest BCUT2D eigenvalue weighted by Crippen LogP contribution is -2.55. The number of allylic oxidation sites excluding steroid dienone is 2. The van der Waals surface area contributed by atoms with Crippen LogP contribution in [0.2, 0.25) is 0 Å². The molecule has 3 N–H and O–H groups in total. The van der Waals surface area contributed by atoms with Gasteiger partial charge in [0, 0.05) is 6.61 Å². The second-order valence-electron chi connectivity index (χ2n) is 6.26. The molecular formula is C18H34O5. The van der Waals surface area contributed by atoms with Gasteiger partial charge in [0.05, 0.1) is 13.2 Å². The van der Waals surface area contributed by atoms with Crippen LogP contribution < -0.4 is 0 Å². The van der Waals surface area contributed by atoms with E-state index in [2.05, 4.69) is 19.1 Å². The maximum atomic E-state index is 9.93. The average molecular weight is 330 g/mol. The van der Waals surface area contributed by atoms with Crippen LogP contribution in [0.3, 0.4) is 0 Å². The Morgan fingerprint density at radius 3 is 2.43 bits per heavy atom. The molecule has 0 bridgehead atoms. The van der Waals surface area contributed by atoms with Gasteiger partial charge in [0.15, 0.2) is 0 Å². The minimum absolute atomic E-state index is 0.0397. The molecule has 1 rings (SSSR count). The van der Waals surface area contributed by atoms with E-state index in [1.807, 2.05) is 0 Å². The molecule has 0 saturated carbocycles. The minimum atomic E-state index is -0.992. The molecule has 1 aliphatic heterocycles. The van der Waals surface area contributed by atoms with E-state index in [0.29, 0.717) is 6.61 Å². The van der Waals surface area contributed by atoms with Crippen LogP contribution in [0.25, 0.3) is 0 Å². The van der Waals surface area contributed by atoms with Gasteiger partial charge in [-0.25, -0.2) is 0 Å². The number of unbranched alkanes of at least 4 members (excludes halogenated alkanes) is 6. The first-order valence-corrected chi connectivity index (χ1v) is 9.05. The summed E-state index contributed by atoms with van der Waals surface area (Å²) < 4.78 is 10.9. The van der Waals surface area contributed by atoms with Gasteiger partial charge >= 0.3 is 0 Å². The van der Waals surface area contributed by atoms with E-state index in [4.69, 9.17) is 9.47 Å². The second kappa shape index (κ2) is 12.9. The van der Waals surface area contributed by atoms with E-state index in [9.17, 15) is 15.3 Å². The van der Waals surface area contributed by atoms with E-state index >= 15 is 0 Å². The Balaban J connectivity index is 2.04. The van der Waals surface area contributed by atoms with E-state index in [1.54, 1.807) is 0 Å². The number of ether oxygens (including phenoxy) is 2. The van der Waals surface area contributed by atoms with E-state index in [-0.39, 0.29) is 13.2 Å². The van der Waals surface area contributed by atoms with Gasteiger partial charge < -0.3 is 24.8 Å². The predicted octanol–water partition coefficient (Wildman–Crippen LogP) is 2.18. The van der Waals surface area contributed by atoms with Gasteiger partial charge in [-0.15, -0.1) is 0 Å². The van der Waals surface area contributed by atoms with Crippen LogP contribution in [-0.2, 0) is 9.47 Å². The summed E-state index contributed by atoms with van der Waals surface area (Å²) in [5, 5.41) is 28.8. The summed E-state index contributed by atoms with van der Waals surface area (Å²) in [7, 11) is 0. The Bertz CT molecular complexity index is 306. The summed E-state index contributed by atoms with van der Waals surface area (Å²) in [6.07, 6.45) is 10.6. The molecule has 0 aromatic heterocycles. The summed E-state index contributed by atoms with van der Waals surface area (Å²) in [5.74, 6) is 0. The lowest BCUT2D eigenvalue weighted by Gasteiger charge is -2.37.